The van der Waals surface area contributed by atoms with E-state index in [0.717, 1.165) is 18.4 Å². The summed E-state index contributed by atoms with van der Waals surface area (Å²) in [6, 6.07) is 6.69. The molecule has 2 rings (SSSR count). The minimum Gasteiger partial charge on any atom is -0.211 e. The monoisotopic (exact) mass is 280 g/mol. The number of benzene rings is 1. The van der Waals surface area contributed by atoms with Crippen LogP contribution in [0, 0.1) is 6.92 Å². The number of piperidine rings is 1. The molecule has 0 N–H and O–H groups in total. The summed E-state index contributed by atoms with van der Waals surface area (Å²) in [6.45, 7) is 2.29. The van der Waals surface area contributed by atoms with E-state index in [1.807, 2.05) is 6.92 Å². The quantitative estimate of drug-likeness (QED) is 0.626. The highest BCUT2D eigenvalue weighted by molar-refractivity contribution is 7.89. The molecule has 0 aliphatic carbocycles. The summed E-state index contributed by atoms with van der Waals surface area (Å²) in [6.07, 6.45) is 3.08. The summed E-state index contributed by atoms with van der Waals surface area (Å²) in [7, 11) is -3.59. The van der Waals surface area contributed by atoms with E-state index in [1.165, 1.54) is 10.4 Å². The molecule has 0 bridgehead atoms. The van der Waals surface area contributed by atoms with Crippen LogP contribution in [0.4, 0.5) is 0 Å². The predicted octanol–water partition coefficient (Wildman–Crippen LogP) is 1.83. The zero-order valence-electron chi connectivity index (χ0n) is 10.7. The second-order valence-electron chi connectivity index (χ2n) is 4.63. The van der Waals surface area contributed by atoms with Crippen LogP contribution in [0.2, 0.25) is 0 Å². The van der Waals surface area contributed by atoms with Crippen LogP contribution in [0.3, 0.4) is 0 Å². The normalized spacial score (nSPS) is 20.8. The van der Waals surface area contributed by atoms with Crippen molar-refractivity contribution < 1.29 is 13.2 Å². The first-order chi connectivity index (χ1) is 9.05. The molecule has 1 aromatic rings. The summed E-state index contributed by atoms with van der Waals surface area (Å²) >= 11 is 0. The largest absolute Gasteiger partial charge is 0.244 e. The average molecular weight is 280 g/mol. The number of nitrogens with zero attached hydrogens (tertiary/aromatic N) is 2. The van der Waals surface area contributed by atoms with E-state index in [1.54, 1.807) is 24.3 Å². The van der Waals surface area contributed by atoms with Gasteiger partial charge < -0.3 is 0 Å². The Morgan fingerprint density at radius 2 is 1.95 bits per heavy atom. The Kier molecular flexibility index (Phi) is 4.14. The number of hydrogen-bond acceptors (Lipinski definition) is 4. The third kappa shape index (κ3) is 2.92. The van der Waals surface area contributed by atoms with Crippen molar-refractivity contribution in [3.05, 3.63) is 29.8 Å². The Morgan fingerprint density at radius 3 is 2.58 bits per heavy atom. The lowest BCUT2D eigenvalue weighted by Gasteiger charge is -2.31. The Balaban J connectivity index is 2.36. The Bertz CT molecular complexity index is 589. The molecule has 0 radical (unpaired) electrons. The van der Waals surface area contributed by atoms with Gasteiger partial charge in [-0.3, -0.25) is 0 Å². The summed E-state index contributed by atoms with van der Waals surface area (Å²) < 4.78 is 26.3. The van der Waals surface area contributed by atoms with Gasteiger partial charge in [-0.2, -0.15) is 9.30 Å². The maximum Gasteiger partial charge on any atom is 0.244 e. The third-order valence-corrected chi connectivity index (χ3v) is 5.16. The second-order valence-corrected chi connectivity index (χ2v) is 6.52. The number of isocyanates is 1. The topological polar surface area (TPSA) is 66.8 Å². The lowest BCUT2D eigenvalue weighted by atomic mass is 10.1. The number of aryl methyl sites for hydroxylation is 1. The van der Waals surface area contributed by atoms with E-state index in [-0.39, 0.29) is 4.90 Å². The van der Waals surface area contributed by atoms with Crippen molar-refractivity contribution in [2.24, 2.45) is 4.99 Å². The van der Waals surface area contributed by atoms with Crippen molar-refractivity contribution in [2.45, 2.75) is 37.2 Å². The highest BCUT2D eigenvalue weighted by atomic mass is 32.2. The minimum absolute atomic E-state index is 0.242. The van der Waals surface area contributed by atoms with Gasteiger partial charge in [0.25, 0.3) is 0 Å². The maximum absolute atomic E-state index is 12.5. The van der Waals surface area contributed by atoms with Gasteiger partial charge >= 0.3 is 0 Å². The Labute approximate surface area is 113 Å². The van der Waals surface area contributed by atoms with Crippen LogP contribution >= 0.6 is 0 Å². The van der Waals surface area contributed by atoms with Gasteiger partial charge in [0.2, 0.25) is 16.1 Å². The summed E-state index contributed by atoms with van der Waals surface area (Å²) in [5.41, 5.74) is 1.00. The molecule has 5 nitrogen and oxygen atoms in total. The molecule has 19 heavy (non-hydrogen) atoms. The number of sulfonamides is 1. The van der Waals surface area contributed by atoms with Gasteiger partial charge in [-0.15, -0.1) is 0 Å². The minimum atomic E-state index is -3.59. The molecule has 1 aliphatic rings. The highest BCUT2D eigenvalue weighted by Gasteiger charge is 2.33. The van der Waals surface area contributed by atoms with E-state index in [4.69, 9.17) is 0 Å². The van der Waals surface area contributed by atoms with Crippen molar-refractivity contribution >= 4 is 16.1 Å². The summed E-state index contributed by atoms with van der Waals surface area (Å²) in [5.74, 6) is 0. The fourth-order valence-electron chi connectivity index (χ4n) is 2.20. The molecule has 1 fully saturated rings. The van der Waals surface area contributed by atoms with Gasteiger partial charge in [0.1, 0.15) is 6.17 Å². The van der Waals surface area contributed by atoms with Crippen molar-refractivity contribution in [3.63, 3.8) is 0 Å². The highest BCUT2D eigenvalue weighted by Crippen LogP contribution is 2.25. The van der Waals surface area contributed by atoms with E-state index in [2.05, 4.69) is 4.99 Å². The first-order valence-electron chi connectivity index (χ1n) is 6.21. The van der Waals surface area contributed by atoms with Crippen LogP contribution in [0.1, 0.15) is 24.8 Å². The molecular weight excluding hydrogens is 264 g/mol. The summed E-state index contributed by atoms with van der Waals surface area (Å²) in [4.78, 5) is 14.3. The van der Waals surface area contributed by atoms with Crippen molar-refractivity contribution in [1.82, 2.24) is 4.31 Å². The van der Waals surface area contributed by atoms with E-state index in [0.29, 0.717) is 13.0 Å². The molecule has 0 saturated carbocycles. The molecular formula is C13H16N2O3S. The first kappa shape index (κ1) is 13.9. The van der Waals surface area contributed by atoms with E-state index >= 15 is 0 Å². The zero-order chi connectivity index (χ0) is 13.9. The lowest BCUT2D eigenvalue weighted by Crippen LogP contribution is -2.42. The molecule has 6 heteroatoms. The molecule has 1 unspecified atom stereocenters. The summed E-state index contributed by atoms with van der Waals surface area (Å²) in [5, 5.41) is 0. The molecule has 0 spiro atoms. The van der Waals surface area contributed by atoms with Crippen LogP contribution in [0.15, 0.2) is 34.2 Å². The zero-order valence-corrected chi connectivity index (χ0v) is 11.6. The van der Waals surface area contributed by atoms with E-state index < -0.39 is 16.2 Å². The number of aliphatic imine (C=N–C) groups is 1. The Hall–Kier alpha value is -1.49. The van der Waals surface area contributed by atoms with Crippen molar-refractivity contribution in [2.75, 3.05) is 6.54 Å². The molecule has 102 valence electrons. The third-order valence-electron chi connectivity index (χ3n) is 3.25. The number of rotatable bonds is 3. The van der Waals surface area contributed by atoms with Gasteiger partial charge in [0.05, 0.1) is 4.90 Å². The van der Waals surface area contributed by atoms with Crippen molar-refractivity contribution in [1.29, 1.82) is 0 Å². The Morgan fingerprint density at radius 1 is 1.26 bits per heavy atom. The van der Waals surface area contributed by atoms with Gasteiger partial charge in [0, 0.05) is 6.54 Å². The fraction of sp³-hybridized carbons (Fsp3) is 0.462. The second kappa shape index (κ2) is 5.65. The standard InChI is InChI=1S/C13H16N2O3S/c1-11-5-7-12(8-6-11)19(17,18)15-9-3-2-4-13(15)14-10-16/h5-8,13H,2-4,9H2,1H3. The molecule has 1 aromatic carbocycles. The van der Waals surface area contributed by atoms with Crippen LogP contribution < -0.4 is 0 Å². The van der Waals surface area contributed by atoms with Crippen molar-refractivity contribution in [3.8, 4) is 0 Å². The van der Waals surface area contributed by atoms with Crippen LogP contribution in [-0.2, 0) is 14.8 Å². The molecule has 1 heterocycles. The van der Waals surface area contributed by atoms with Crippen LogP contribution in [0.25, 0.3) is 0 Å². The SMILES string of the molecule is Cc1ccc(S(=O)(=O)N2CCCCC2N=C=O)cc1. The first-order valence-corrected chi connectivity index (χ1v) is 7.65. The molecule has 0 aromatic heterocycles. The number of carbonyl (C=O) groups excluding carboxylic acids is 1. The van der Waals surface area contributed by atoms with Gasteiger partial charge in [-0.25, -0.2) is 13.2 Å². The van der Waals surface area contributed by atoms with Crippen LogP contribution in [0.5, 0.6) is 0 Å². The van der Waals surface area contributed by atoms with Crippen LogP contribution in [-0.4, -0.2) is 31.5 Å². The smallest absolute Gasteiger partial charge is 0.211 e. The predicted molar refractivity (Wildman–Crippen MR) is 70.8 cm³/mol. The average Bonchev–Trinajstić information content (AvgIpc) is 2.40. The van der Waals surface area contributed by atoms with Gasteiger partial charge in [-0.05, 0) is 38.3 Å². The fourth-order valence-corrected chi connectivity index (χ4v) is 3.80. The lowest BCUT2D eigenvalue weighted by molar-refractivity contribution is 0.259. The maximum atomic E-state index is 12.5. The van der Waals surface area contributed by atoms with E-state index in [9.17, 15) is 13.2 Å². The molecule has 0 amide bonds. The van der Waals surface area contributed by atoms with Gasteiger partial charge in [0.15, 0.2) is 0 Å². The van der Waals surface area contributed by atoms with Gasteiger partial charge in [-0.1, -0.05) is 17.7 Å². The number of hydrogen-bond donors (Lipinski definition) is 0. The molecule has 1 saturated heterocycles. The molecule has 1 atom stereocenters. The molecule has 1 aliphatic heterocycles.